The van der Waals surface area contributed by atoms with Gasteiger partial charge in [-0.1, -0.05) is 36.4 Å². The number of anilines is 2. The van der Waals surface area contributed by atoms with Crippen molar-refractivity contribution in [2.75, 3.05) is 18.6 Å². The van der Waals surface area contributed by atoms with Crippen molar-refractivity contribution in [3.8, 4) is 0 Å². The Morgan fingerprint density at radius 2 is 1.97 bits per heavy atom. The first-order chi connectivity index (χ1) is 16.1. The van der Waals surface area contributed by atoms with Crippen LogP contribution in [0.1, 0.15) is 28.8 Å². The van der Waals surface area contributed by atoms with Crippen LogP contribution in [-0.2, 0) is 20.9 Å². The monoisotopic (exact) mass is 465 g/mol. The number of carbonyl (C=O) groups excluding carboxylic acids is 3. The Balaban J connectivity index is 1.57. The second-order valence-electron chi connectivity index (χ2n) is 7.42. The van der Waals surface area contributed by atoms with E-state index >= 15 is 0 Å². The Bertz CT molecular complexity index is 1120. The molecule has 8 nitrogen and oxygen atoms in total. The Labute approximate surface area is 195 Å². The van der Waals surface area contributed by atoms with E-state index in [9.17, 15) is 14.4 Å². The van der Waals surface area contributed by atoms with E-state index in [-0.39, 0.29) is 12.5 Å². The predicted octanol–water partition coefficient (Wildman–Crippen LogP) is 4.40. The van der Waals surface area contributed by atoms with Gasteiger partial charge in [0.2, 0.25) is 0 Å². The minimum absolute atomic E-state index is 0.133. The summed E-state index contributed by atoms with van der Waals surface area (Å²) in [6.07, 6.45) is 2.27. The van der Waals surface area contributed by atoms with E-state index in [0.29, 0.717) is 35.8 Å². The molecule has 4 rings (SSSR count). The highest BCUT2D eigenvalue weighted by molar-refractivity contribution is 7.13. The standard InChI is InChI=1S/C24H23N3O5S/c1-31-22(29)18-9-5-10-19(15-18)27(23-25-12-14-33-23)21(28)20-11-6-13-26(20)24(30)32-16-17-7-3-2-4-8-17/h2-5,7-10,12,14-15,20H,6,11,13,16H2,1H3. The van der Waals surface area contributed by atoms with Crippen LogP contribution < -0.4 is 4.90 Å². The largest absolute Gasteiger partial charge is 0.465 e. The quantitative estimate of drug-likeness (QED) is 0.502. The zero-order valence-corrected chi connectivity index (χ0v) is 18.9. The Morgan fingerprint density at radius 1 is 1.15 bits per heavy atom. The number of aromatic nitrogens is 1. The molecular formula is C24H23N3O5S. The van der Waals surface area contributed by atoms with Crippen LogP contribution in [0.4, 0.5) is 15.6 Å². The fourth-order valence-corrected chi connectivity index (χ4v) is 4.41. The molecule has 2 aromatic carbocycles. The van der Waals surface area contributed by atoms with Crippen LogP contribution in [0.5, 0.6) is 0 Å². The van der Waals surface area contributed by atoms with Gasteiger partial charge in [-0.2, -0.15) is 0 Å². The number of nitrogens with zero attached hydrogens (tertiary/aromatic N) is 3. The normalized spacial score (nSPS) is 15.2. The van der Waals surface area contributed by atoms with Crippen LogP contribution in [0.25, 0.3) is 0 Å². The van der Waals surface area contributed by atoms with E-state index in [1.165, 1.54) is 28.2 Å². The number of amides is 2. The van der Waals surface area contributed by atoms with E-state index in [1.807, 2.05) is 30.3 Å². The Kier molecular flexibility index (Phi) is 6.99. The summed E-state index contributed by atoms with van der Waals surface area (Å²) in [4.78, 5) is 45.8. The van der Waals surface area contributed by atoms with Crippen molar-refractivity contribution in [2.45, 2.75) is 25.5 Å². The maximum atomic E-state index is 13.7. The molecule has 170 valence electrons. The Morgan fingerprint density at radius 3 is 2.70 bits per heavy atom. The number of methoxy groups -OCH3 is 1. The van der Waals surface area contributed by atoms with Crippen LogP contribution >= 0.6 is 11.3 Å². The van der Waals surface area contributed by atoms with Gasteiger partial charge in [0.25, 0.3) is 5.91 Å². The van der Waals surface area contributed by atoms with Gasteiger partial charge in [0.15, 0.2) is 5.13 Å². The van der Waals surface area contributed by atoms with Crippen molar-refractivity contribution in [1.29, 1.82) is 0 Å². The summed E-state index contributed by atoms with van der Waals surface area (Å²) in [5.74, 6) is -0.809. The van der Waals surface area contributed by atoms with E-state index in [4.69, 9.17) is 9.47 Å². The average molecular weight is 466 g/mol. The molecule has 1 unspecified atom stereocenters. The molecule has 0 bridgehead atoms. The molecule has 1 aromatic heterocycles. The highest BCUT2D eigenvalue weighted by Gasteiger charge is 2.39. The van der Waals surface area contributed by atoms with Crippen molar-refractivity contribution >= 4 is 40.1 Å². The summed E-state index contributed by atoms with van der Waals surface area (Å²) in [7, 11) is 1.30. The van der Waals surface area contributed by atoms with E-state index in [0.717, 1.165) is 5.56 Å². The first-order valence-electron chi connectivity index (χ1n) is 10.5. The van der Waals surface area contributed by atoms with Crippen LogP contribution in [0.3, 0.4) is 0 Å². The van der Waals surface area contributed by atoms with Gasteiger partial charge in [-0.3, -0.25) is 14.6 Å². The first-order valence-corrected chi connectivity index (χ1v) is 11.4. The molecule has 1 atom stereocenters. The summed E-state index contributed by atoms with van der Waals surface area (Å²) in [5, 5.41) is 2.21. The number of rotatable bonds is 6. The van der Waals surface area contributed by atoms with Gasteiger partial charge in [0.1, 0.15) is 12.6 Å². The number of likely N-dealkylation sites (tertiary alicyclic amines) is 1. The number of benzene rings is 2. The second-order valence-corrected chi connectivity index (χ2v) is 8.29. The highest BCUT2D eigenvalue weighted by Crippen LogP contribution is 2.32. The summed E-state index contributed by atoms with van der Waals surface area (Å²) in [5.41, 5.74) is 1.66. The highest BCUT2D eigenvalue weighted by atomic mass is 32.1. The summed E-state index contributed by atoms with van der Waals surface area (Å²) in [6.45, 7) is 0.562. The second kappa shape index (κ2) is 10.3. The number of ether oxygens (including phenoxy) is 2. The molecule has 1 aliphatic heterocycles. The van der Waals surface area contributed by atoms with Crippen molar-refractivity contribution in [3.63, 3.8) is 0 Å². The van der Waals surface area contributed by atoms with Crippen LogP contribution in [0, 0.1) is 0 Å². The van der Waals surface area contributed by atoms with Crippen molar-refractivity contribution < 1.29 is 23.9 Å². The summed E-state index contributed by atoms with van der Waals surface area (Å²) >= 11 is 1.29. The number of esters is 1. The van der Waals surface area contributed by atoms with Crippen LogP contribution in [-0.4, -0.2) is 47.6 Å². The molecule has 1 fully saturated rings. The van der Waals surface area contributed by atoms with Gasteiger partial charge in [-0.05, 0) is 36.6 Å². The molecular weight excluding hydrogens is 442 g/mol. The number of hydrogen-bond acceptors (Lipinski definition) is 7. The van der Waals surface area contributed by atoms with E-state index in [2.05, 4.69) is 4.98 Å². The smallest absolute Gasteiger partial charge is 0.410 e. The third kappa shape index (κ3) is 5.04. The molecule has 0 saturated carbocycles. The SMILES string of the molecule is COC(=O)c1cccc(N(C(=O)C2CCCN2C(=O)OCc2ccccc2)c2nccs2)c1. The molecule has 0 radical (unpaired) electrons. The minimum atomic E-state index is -0.695. The van der Waals surface area contributed by atoms with Gasteiger partial charge in [0, 0.05) is 18.1 Å². The third-order valence-corrected chi connectivity index (χ3v) is 6.09. The van der Waals surface area contributed by atoms with E-state index in [1.54, 1.807) is 35.8 Å². The zero-order valence-electron chi connectivity index (χ0n) is 18.0. The van der Waals surface area contributed by atoms with Gasteiger partial charge >= 0.3 is 12.1 Å². The fourth-order valence-electron chi connectivity index (χ4n) is 3.74. The lowest BCUT2D eigenvalue weighted by Crippen LogP contribution is -2.46. The molecule has 1 aliphatic rings. The van der Waals surface area contributed by atoms with Gasteiger partial charge in [-0.15, -0.1) is 11.3 Å². The number of thiazole rings is 1. The maximum absolute atomic E-state index is 13.7. The van der Waals surface area contributed by atoms with Crippen LogP contribution in [0.15, 0.2) is 66.2 Å². The molecule has 0 spiro atoms. The molecule has 9 heteroatoms. The van der Waals surface area contributed by atoms with Crippen molar-refractivity contribution in [2.24, 2.45) is 0 Å². The zero-order chi connectivity index (χ0) is 23.2. The first kappa shape index (κ1) is 22.5. The fraction of sp³-hybridized carbons (Fsp3) is 0.250. The summed E-state index contributed by atoms with van der Waals surface area (Å²) in [6, 6.07) is 15.3. The van der Waals surface area contributed by atoms with Gasteiger partial charge in [-0.25, -0.2) is 14.6 Å². The maximum Gasteiger partial charge on any atom is 0.410 e. The molecule has 0 aliphatic carbocycles. The third-order valence-electron chi connectivity index (χ3n) is 5.33. The lowest BCUT2D eigenvalue weighted by molar-refractivity contribution is -0.121. The molecule has 1 saturated heterocycles. The Hall–Kier alpha value is -3.72. The molecule has 2 heterocycles. The summed E-state index contributed by atoms with van der Waals surface area (Å²) < 4.78 is 10.3. The number of carbonyl (C=O) groups is 3. The topological polar surface area (TPSA) is 89.0 Å². The van der Waals surface area contributed by atoms with Crippen LogP contribution in [0.2, 0.25) is 0 Å². The van der Waals surface area contributed by atoms with E-state index < -0.39 is 18.1 Å². The van der Waals surface area contributed by atoms with Crippen molar-refractivity contribution in [3.05, 3.63) is 77.3 Å². The minimum Gasteiger partial charge on any atom is -0.465 e. The molecule has 3 aromatic rings. The number of hydrogen-bond donors (Lipinski definition) is 0. The molecule has 33 heavy (non-hydrogen) atoms. The lowest BCUT2D eigenvalue weighted by Gasteiger charge is -2.28. The van der Waals surface area contributed by atoms with Crippen molar-refractivity contribution in [1.82, 2.24) is 9.88 Å². The van der Waals surface area contributed by atoms with Gasteiger partial charge < -0.3 is 9.47 Å². The predicted molar refractivity (Wildman–Crippen MR) is 123 cm³/mol. The molecule has 0 N–H and O–H groups in total. The van der Waals surface area contributed by atoms with Gasteiger partial charge in [0.05, 0.1) is 18.4 Å². The molecule has 2 amide bonds. The average Bonchev–Trinajstić information content (AvgIpc) is 3.56. The lowest BCUT2D eigenvalue weighted by atomic mass is 10.1.